The maximum absolute atomic E-state index is 12.9. The lowest BCUT2D eigenvalue weighted by Gasteiger charge is -2.18. The van der Waals surface area contributed by atoms with E-state index in [0.29, 0.717) is 19.0 Å². The van der Waals surface area contributed by atoms with Crippen LogP contribution in [0.15, 0.2) is 35.0 Å². The van der Waals surface area contributed by atoms with E-state index < -0.39 is 23.9 Å². The van der Waals surface area contributed by atoms with Crippen LogP contribution in [-0.4, -0.2) is 55.7 Å². The molecule has 1 aliphatic heterocycles. The molecule has 15 heteroatoms. The summed E-state index contributed by atoms with van der Waals surface area (Å²) in [6.45, 7) is 3.57. The van der Waals surface area contributed by atoms with Crippen LogP contribution < -0.4 is 5.32 Å². The predicted octanol–water partition coefficient (Wildman–Crippen LogP) is 3.32. The predicted molar refractivity (Wildman–Crippen MR) is 108 cm³/mol. The second-order valence-electron chi connectivity index (χ2n) is 7.58. The van der Waals surface area contributed by atoms with Gasteiger partial charge in [-0.15, -0.1) is 0 Å². The van der Waals surface area contributed by atoms with Gasteiger partial charge in [-0.1, -0.05) is 17.3 Å². The number of hydrogen-bond acceptors (Lipinski definition) is 7. The molecule has 2 aromatic heterocycles. The van der Waals surface area contributed by atoms with Gasteiger partial charge in [-0.25, -0.2) is 4.79 Å². The zero-order valence-corrected chi connectivity index (χ0v) is 18.2. The average molecular weight is 506 g/mol. The van der Waals surface area contributed by atoms with Gasteiger partial charge in [-0.05, 0) is 19.2 Å². The standard InChI is InChI=1S/C18H19F3N6O.C2HF3O2/c1-26(10-13-8-23-27-6-5-22-9-15(13)27)11-16-24-17(25-28-16)12-3-2-4-14(7-12)18(19,20)21;3-2(4,5)1(6)7/h2-4,7-8,22H,5-6,9-11H2,1H3;(H,6,7). The Balaban J connectivity index is 0.000000429. The normalized spacial score (nSPS) is 13.8. The Labute approximate surface area is 194 Å². The summed E-state index contributed by atoms with van der Waals surface area (Å²) in [5.74, 6) is -2.27. The van der Waals surface area contributed by atoms with Crippen molar-refractivity contribution in [3.63, 3.8) is 0 Å². The van der Waals surface area contributed by atoms with Crippen LogP contribution in [0.5, 0.6) is 0 Å². The molecule has 3 heterocycles. The van der Waals surface area contributed by atoms with Crippen LogP contribution in [0.25, 0.3) is 11.4 Å². The summed E-state index contributed by atoms with van der Waals surface area (Å²) in [6.07, 6.45) is -7.64. The molecule has 0 saturated heterocycles. The molecule has 0 radical (unpaired) electrons. The summed E-state index contributed by atoms with van der Waals surface area (Å²) in [5, 5.41) is 18.7. The van der Waals surface area contributed by atoms with Crippen molar-refractivity contribution in [1.82, 2.24) is 30.1 Å². The fourth-order valence-corrected chi connectivity index (χ4v) is 3.22. The highest BCUT2D eigenvalue weighted by molar-refractivity contribution is 5.73. The minimum atomic E-state index is -5.08. The van der Waals surface area contributed by atoms with E-state index in [-0.39, 0.29) is 11.4 Å². The molecule has 190 valence electrons. The lowest BCUT2D eigenvalue weighted by molar-refractivity contribution is -0.192. The molecule has 0 atom stereocenters. The van der Waals surface area contributed by atoms with E-state index in [4.69, 9.17) is 14.4 Å². The maximum Gasteiger partial charge on any atom is 0.490 e. The largest absolute Gasteiger partial charge is 0.490 e. The number of rotatable bonds is 5. The monoisotopic (exact) mass is 506 g/mol. The van der Waals surface area contributed by atoms with Crippen LogP contribution in [0.3, 0.4) is 0 Å². The Morgan fingerprint density at radius 1 is 1.23 bits per heavy atom. The van der Waals surface area contributed by atoms with Crippen LogP contribution >= 0.6 is 0 Å². The van der Waals surface area contributed by atoms with Crippen LogP contribution in [0.4, 0.5) is 26.3 Å². The Morgan fingerprint density at radius 2 is 1.94 bits per heavy atom. The third kappa shape index (κ3) is 7.02. The Kier molecular flexibility index (Phi) is 7.80. The molecule has 0 spiro atoms. The first kappa shape index (κ1) is 26.2. The van der Waals surface area contributed by atoms with Crippen LogP contribution in [0, 0.1) is 0 Å². The minimum absolute atomic E-state index is 0.140. The Bertz CT molecular complexity index is 1160. The van der Waals surface area contributed by atoms with Crippen LogP contribution in [0.1, 0.15) is 22.7 Å². The van der Waals surface area contributed by atoms with Crippen molar-refractivity contribution in [3.8, 4) is 11.4 Å². The second kappa shape index (κ2) is 10.4. The van der Waals surface area contributed by atoms with Gasteiger partial charge in [0.15, 0.2) is 0 Å². The molecule has 0 amide bonds. The number of nitrogens with one attached hydrogen (secondary N) is 1. The van der Waals surface area contributed by atoms with E-state index in [1.807, 2.05) is 22.8 Å². The van der Waals surface area contributed by atoms with Crippen LogP contribution in [-0.2, 0) is 37.1 Å². The fourth-order valence-electron chi connectivity index (χ4n) is 3.22. The van der Waals surface area contributed by atoms with E-state index in [0.717, 1.165) is 43.0 Å². The first-order chi connectivity index (χ1) is 16.3. The molecule has 0 fully saturated rings. The molecule has 4 rings (SSSR count). The van der Waals surface area contributed by atoms with Crippen molar-refractivity contribution >= 4 is 5.97 Å². The third-order valence-electron chi connectivity index (χ3n) is 4.83. The molecular weight excluding hydrogens is 486 g/mol. The minimum Gasteiger partial charge on any atom is -0.475 e. The summed E-state index contributed by atoms with van der Waals surface area (Å²) in [4.78, 5) is 15.1. The number of carboxylic acids is 1. The summed E-state index contributed by atoms with van der Waals surface area (Å²) in [5.41, 5.74) is 1.80. The summed E-state index contributed by atoms with van der Waals surface area (Å²) >= 11 is 0. The maximum atomic E-state index is 12.9. The molecular formula is C20H20F6N6O3. The van der Waals surface area contributed by atoms with Gasteiger partial charge >= 0.3 is 18.3 Å². The van der Waals surface area contributed by atoms with Gasteiger partial charge in [-0.2, -0.15) is 36.4 Å². The van der Waals surface area contributed by atoms with E-state index >= 15 is 0 Å². The highest BCUT2D eigenvalue weighted by Gasteiger charge is 2.38. The number of halogens is 6. The molecule has 0 saturated carbocycles. The quantitative estimate of drug-likeness (QED) is 0.508. The fraction of sp³-hybridized carbons (Fsp3) is 0.400. The number of fused-ring (bicyclic) bond motifs is 1. The lowest BCUT2D eigenvalue weighted by Crippen LogP contribution is -2.29. The SMILES string of the molecule is CN(Cc1nc(-c2cccc(C(F)(F)F)c2)no1)Cc1cnn2c1CNCC2.O=C(O)C(F)(F)F. The van der Waals surface area contributed by atoms with Crippen molar-refractivity contribution in [2.75, 3.05) is 13.6 Å². The van der Waals surface area contributed by atoms with Gasteiger partial charge in [0.25, 0.3) is 0 Å². The molecule has 3 aromatic rings. The number of carbonyl (C=O) groups is 1. The van der Waals surface area contributed by atoms with Crippen molar-refractivity contribution in [3.05, 3.63) is 53.2 Å². The Morgan fingerprint density at radius 3 is 2.60 bits per heavy atom. The summed E-state index contributed by atoms with van der Waals surface area (Å²) in [7, 11) is 1.91. The lowest BCUT2D eigenvalue weighted by atomic mass is 10.1. The Hall–Kier alpha value is -3.46. The van der Waals surface area contributed by atoms with Gasteiger partial charge in [-0.3, -0.25) is 9.58 Å². The summed E-state index contributed by atoms with van der Waals surface area (Å²) < 4.78 is 77.6. The van der Waals surface area contributed by atoms with E-state index in [2.05, 4.69) is 20.6 Å². The average Bonchev–Trinajstić information content (AvgIpc) is 3.40. The molecule has 0 unspecified atom stereocenters. The molecule has 35 heavy (non-hydrogen) atoms. The molecule has 0 aliphatic carbocycles. The van der Waals surface area contributed by atoms with Gasteiger partial charge < -0.3 is 14.9 Å². The topological polar surface area (TPSA) is 109 Å². The van der Waals surface area contributed by atoms with Crippen molar-refractivity contribution in [2.24, 2.45) is 0 Å². The smallest absolute Gasteiger partial charge is 0.475 e. The number of nitrogens with zero attached hydrogens (tertiary/aromatic N) is 5. The third-order valence-corrected chi connectivity index (χ3v) is 4.83. The van der Waals surface area contributed by atoms with Gasteiger partial charge in [0.2, 0.25) is 11.7 Å². The first-order valence-corrected chi connectivity index (χ1v) is 10.1. The van der Waals surface area contributed by atoms with E-state index in [1.165, 1.54) is 12.1 Å². The van der Waals surface area contributed by atoms with Crippen molar-refractivity contribution in [1.29, 1.82) is 0 Å². The van der Waals surface area contributed by atoms with Crippen LogP contribution in [0.2, 0.25) is 0 Å². The van der Waals surface area contributed by atoms with Crippen molar-refractivity contribution in [2.45, 2.75) is 38.5 Å². The highest BCUT2D eigenvalue weighted by Crippen LogP contribution is 2.31. The first-order valence-electron chi connectivity index (χ1n) is 10.1. The molecule has 2 N–H and O–H groups in total. The molecule has 1 aromatic carbocycles. The molecule has 0 bridgehead atoms. The van der Waals surface area contributed by atoms with Gasteiger partial charge in [0.05, 0.1) is 30.5 Å². The molecule has 1 aliphatic rings. The molecule has 9 nitrogen and oxygen atoms in total. The number of aromatic nitrogens is 4. The zero-order valence-electron chi connectivity index (χ0n) is 18.2. The number of hydrogen-bond donors (Lipinski definition) is 2. The van der Waals surface area contributed by atoms with E-state index in [9.17, 15) is 26.3 Å². The number of alkyl halides is 6. The number of aliphatic carboxylic acids is 1. The zero-order chi connectivity index (χ0) is 25.8. The van der Waals surface area contributed by atoms with Gasteiger partial charge in [0.1, 0.15) is 0 Å². The number of carboxylic acid groups (broad SMARTS) is 1. The highest BCUT2D eigenvalue weighted by atomic mass is 19.4. The van der Waals surface area contributed by atoms with E-state index in [1.54, 1.807) is 0 Å². The second-order valence-corrected chi connectivity index (χ2v) is 7.58. The summed E-state index contributed by atoms with van der Waals surface area (Å²) in [6, 6.07) is 4.89. The van der Waals surface area contributed by atoms with Crippen molar-refractivity contribution < 1.29 is 40.8 Å². The van der Waals surface area contributed by atoms with Gasteiger partial charge in [0, 0.05) is 30.8 Å². The number of benzene rings is 1.